The van der Waals surface area contributed by atoms with E-state index in [0.29, 0.717) is 5.56 Å². The Morgan fingerprint density at radius 1 is 0.880 bits per heavy atom. The lowest BCUT2D eigenvalue weighted by atomic mass is 10.2. The lowest BCUT2D eigenvalue weighted by molar-refractivity contribution is 0.0955. The van der Waals surface area contributed by atoms with Crippen molar-refractivity contribution in [2.75, 3.05) is 0 Å². The first kappa shape index (κ1) is 17.0. The number of hydrogen-bond donors (Lipinski definition) is 1. The molecule has 3 aromatic carbocycles. The van der Waals surface area contributed by atoms with Crippen LogP contribution in [0.5, 0.6) is 0 Å². The van der Waals surface area contributed by atoms with Crippen LogP contribution in [0.3, 0.4) is 0 Å². The molecule has 0 bridgehead atoms. The summed E-state index contributed by atoms with van der Waals surface area (Å²) in [5.41, 5.74) is 5.31. The van der Waals surface area contributed by atoms with Gasteiger partial charge in [-0.3, -0.25) is 4.79 Å². The monoisotopic (exact) mass is 346 g/mol. The molecule has 3 nitrogen and oxygen atoms in total. The number of amides is 1. The second-order valence-corrected chi connectivity index (χ2v) is 6.70. The first-order chi connectivity index (χ1) is 12.2. The summed E-state index contributed by atoms with van der Waals surface area (Å²) < 4.78 is 0. The van der Waals surface area contributed by atoms with Gasteiger partial charge in [0.1, 0.15) is 0 Å². The average molecular weight is 346 g/mol. The van der Waals surface area contributed by atoms with Gasteiger partial charge in [-0.05, 0) is 48.9 Å². The van der Waals surface area contributed by atoms with E-state index >= 15 is 0 Å². The molecule has 1 amide bonds. The van der Waals surface area contributed by atoms with Gasteiger partial charge in [-0.1, -0.05) is 59.8 Å². The van der Waals surface area contributed by atoms with Crippen LogP contribution in [0.1, 0.15) is 21.5 Å². The van der Waals surface area contributed by atoms with Crippen molar-refractivity contribution in [3.63, 3.8) is 0 Å². The minimum Gasteiger partial charge on any atom is -0.267 e. The van der Waals surface area contributed by atoms with E-state index in [1.165, 1.54) is 10.5 Å². The predicted octanol–water partition coefficient (Wildman–Crippen LogP) is 4.91. The summed E-state index contributed by atoms with van der Waals surface area (Å²) in [7, 11) is 0. The Bertz CT molecular complexity index is 857. The first-order valence-corrected chi connectivity index (χ1v) is 8.75. The van der Waals surface area contributed by atoms with Gasteiger partial charge >= 0.3 is 0 Å². The van der Waals surface area contributed by atoms with Crippen LogP contribution in [0.2, 0.25) is 0 Å². The van der Waals surface area contributed by atoms with Gasteiger partial charge in [0.15, 0.2) is 0 Å². The molecule has 0 spiro atoms. The SMILES string of the molecule is Cc1ccc(Sc2ccc(/C=N\NC(=O)c3ccccc3)cc2)cc1. The maximum Gasteiger partial charge on any atom is 0.271 e. The highest BCUT2D eigenvalue weighted by Crippen LogP contribution is 2.27. The van der Waals surface area contributed by atoms with Gasteiger partial charge in [0.05, 0.1) is 6.21 Å². The molecule has 3 aromatic rings. The van der Waals surface area contributed by atoms with Crippen LogP contribution in [-0.4, -0.2) is 12.1 Å². The molecule has 1 N–H and O–H groups in total. The second-order valence-electron chi connectivity index (χ2n) is 5.55. The molecule has 0 fully saturated rings. The lowest BCUT2D eigenvalue weighted by Crippen LogP contribution is -2.17. The third kappa shape index (κ3) is 5.06. The highest BCUT2D eigenvalue weighted by atomic mass is 32.2. The molecular formula is C21H18N2OS. The van der Waals surface area contributed by atoms with E-state index in [4.69, 9.17) is 0 Å². The maximum absolute atomic E-state index is 11.9. The van der Waals surface area contributed by atoms with Gasteiger partial charge in [0, 0.05) is 15.4 Å². The van der Waals surface area contributed by atoms with Crippen molar-refractivity contribution < 1.29 is 4.79 Å². The second kappa shape index (κ2) is 8.31. The number of aryl methyl sites for hydroxylation is 1. The van der Waals surface area contributed by atoms with E-state index in [1.54, 1.807) is 30.1 Å². The van der Waals surface area contributed by atoms with Crippen molar-refractivity contribution in [2.24, 2.45) is 5.10 Å². The number of rotatable bonds is 5. The van der Waals surface area contributed by atoms with Gasteiger partial charge in [-0.2, -0.15) is 5.10 Å². The normalized spacial score (nSPS) is 10.8. The van der Waals surface area contributed by atoms with E-state index in [9.17, 15) is 4.79 Å². The zero-order chi connectivity index (χ0) is 17.5. The van der Waals surface area contributed by atoms with E-state index < -0.39 is 0 Å². The van der Waals surface area contributed by atoms with Crippen LogP contribution in [0.15, 0.2) is 93.8 Å². The molecule has 25 heavy (non-hydrogen) atoms. The molecule has 0 aromatic heterocycles. The van der Waals surface area contributed by atoms with Crippen molar-refractivity contribution in [2.45, 2.75) is 16.7 Å². The molecule has 0 aliphatic carbocycles. The van der Waals surface area contributed by atoms with E-state index in [-0.39, 0.29) is 5.91 Å². The van der Waals surface area contributed by atoms with Crippen molar-refractivity contribution in [1.82, 2.24) is 5.43 Å². The number of nitrogens with one attached hydrogen (secondary N) is 1. The topological polar surface area (TPSA) is 41.5 Å². The zero-order valence-corrected chi connectivity index (χ0v) is 14.7. The Morgan fingerprint density at radius 3 is 2.12 bits per heavy atom. The van der Waals surface area contributed by atoms with Gasteiger partial charge in [-0.15, -0.1) is 0 Å². The minimum absolute atomic E-state index is 0.219. The Morgan fingerprint density at radius 2 is 1.48 bits per heavy atom. The fraction of sp³-hybridized carbons (Fsp3) is 0.0476. The fourth-order valence-corrected chi connectivity index (χ4v) is 3.00. The fourth-order valence-electron chi connectivity index (χ4n) is 2.18. The highest BCUT2D eigenvalue weighted by Gasteiger charge is 2.01. The molecule has 0 saturated carbocycles. The summed E-state index contributed by atoms with van der Waals surface area (Å²) in [5, 5.41) is 4.01. The Kier molecular flexibility index (Phi) is 5.65. The van der Waals surface area contributed by atoms with Crippen LogP contribution in [-0.2, 0) is 0 Å². The standard InChI is InChI=1S/C21H18N2OS/c1-16-7-11-19(12-8-16)25-20-13-9-17(10-14-20)15-22-23-21(24)18-5-3-2-4-6-18/h2-15H,1H3,(H,23,24)/b22-15-. The van der Waals surface area contributed by atoms with Crippen LogP contribution in [0.4, 0.5) is 0 Å². The van der Waals surface area contributed by atoms with Crippen molar-refractivity contribution >= 4 is 23.9 Å². The molecule has 4 heteroatoms. The summed E-state index contributed by atoms with van der Waals surface area (Å²) in [6.07, 6.45) is 1.64. The third-order valence-electron chi connectivity index (χ3n) is 3.55. The largest absolute Gasteiger partial charge is 0.271 e. The number of carbonyl (C=O) groups excluding carboxylic acids is 1. The number of carbonyl (C=O) groups is 1. The van der Waals surface area contributed by atoms with Gasteiger partial charge in [0.25, 0.3) is 5.91 Å². The van der Waals surface area contributed by atoms with Gasteiger partial charge in [-0.25, -0.2) is 5.43 Å². The molecular weight excluding hydrogens is 328 g/mol. The summed E-state index contributed by atoms with van der Waals surface area (Å²) in [5.74, 6) is -0.219. The van der Waals surface area contributed by atoms with Crippen LogP contribution >= 0.6 is 11.8 Å². The third-order valence-corrected chi connectivity index (χ3v) is 4.57. The molecule has 124 valence electrons. The summed E-state index contributed by atoms with van der Waals surface area (Å²) >= 11 is 1.72. The molecule has 0 unspecified atom stereocenters. The van der Waals surface area contributed by atoms with E-state index in [1.807, 2.05) is 42.5 Å². The minimum atomic E-state index is -0.219. The Balaban J connectivity index is 1.57. The zero-order valence-electron chi connectivity index (χ0n) is 13.8. The van der Waals surface area contributed by atoms with E-state index in [2.05, 4.69) is 41.7 Å². The lowest BCUT2D eigenvalue weighted by Gasteiger charge is -2.03. The Labute approximate surface area is 151 Å². The summed E-state index contributed by atoms with van der Waals surface area (Å²) in [4.78, 5) is 14.3. The molecule has 0 aliphatic rings. The first-order valence-electron chi connectivity index (χ1n) is 7.94. The molecule has 0 saturated heterocycles. The van der Waals surface area contributed by atoms with Crippen molar-refractivity contribution in [1.29, 1.82) is 0 Å². The van der Waals surface area contributed by atoms with Crippen molar-refractivity contribution in [3.05, 3.63) is 95.6 Å². The predicted molar refractivity (Wildman–Crippen MR) is 103 cm³/mol. The van der Waals surface area contributed by atoms with Gasteiger partial charge < -0.3 is 0 Å². The van der Waals surface area contributed by atoms with E-state index in [0.717, 1.165) is 10.5 Å². The Hall–Kier alpha value is -2.85. The van der Waals surface area contributed by atoms with Crippen LogP contribution < -0.4 is 5.43 Å². The highest BCUT2D eigenvalue weighted by molar-refractivity contribution is 7.99. The average Bonchev–Trinajstić information content (AvgIpc) is 2.66. The van der Waals surface area contributed by atoms with Gasteiger partial charge in [0.2, 0.25) is 0 Å². The number of benzene rings is 3. The summed E-state index contributed by atoms with van der Waals surface area (Å²) in [6, 6.07) is 25.5. The number of hydrogen-bond acceptors (Lipinski definition) is 3. The molecule has 0 aliphatic heterocycles. The maximum atomic E-state index is 11.9. The summed E-state index contributed by atoms with van der Waals surface area (Å²) in [6.45, 7) is 2.08. The van der Waals surface area contributed by atoms with Crippen LogP contribution in [0, 0.1) is 6.92 Å². The smallest absolute Gasteiger partial charge is 0.267 e. The van der Waals surface area contributed by atoms with Crippen LogP contribution in [0.25, 0.3) is 0 Å². The molecule has 0 heterocycles. The molecule has 0 radical (unpaired) electrons. The molecule has 0 atom stereocenters. The quantitative estimate of drug-likeness (QED) is 0.527. The van der Waals surface area contributed by atoms with Crippen molar-refractivity contribution in [3.8, 4) is 0 Å². The number of hydrazone groups is 1. The molecule has 3 rings (SSSR count). The number of nitrogens with zero attached hydrogens (tertiary/aromatic N) is 1.